The van der Waals surface area contributed by atoms with Crippen LogP contribution in [0.15, 0.2) is 24.3 Å². The summed E-state index contributed by atoms with van der Waals surface area (Å²) in [6.45, 7) is 3.67. The van der Waals surface area contributed by atoms with E-state index in [0.29, 0.717) is 13.1 Å². The number of anilines is 1. The highest BCUT2D eigenvalue weighted by Gasteiger charge is 2.22. The van der Waals surface area contributed by atoms with Crippen LogP contribution < -0.4 is 10.2 Å². The Hall–Kier alpha value is -1.39. The second-order valence-corrected chi connectivity index (χ2v) is 4.28. The van der Waals surface area contributed by atoms with Gasteiger partial charge in [-0.2, -0.15) is 0 Å². The average Bonchev–Trinajstić information content (AvgIpc) is 2.50. The van der Waals surface area contributed by atoms with Crippen LogP contribution in [0.2, 0.25) is 0 Å². The topological polar surface area (TPSA) is 41.6 Å². The Bertz CT molecular complexity index is 406. The molecule has 1 unspecified atom stereocenters. The molecule has 1 amide bonds. The van der Waals surface area contributed by atoms with E-state index < -0.39 is 0 Å². The van der Waals surface area contributed by atoms with Crippen LogP contribution in [0.4, 0.5) is 5.69 Å². The molecule has 0 bridgehead atoms. The maximum absolute atomic E-state index is 12.0. The van der Waals surface area contributed by atoms with E-state index in [1.165, 1.54) is 0 Å². The van der Waals surface area contributed by atoms with Gasteiger partial charge in [-0.1, -0.05) is 18.2 Å². The number of para-hydroxylation sites is 1. The van der Waals surface area contributed by atoms with Gasteiger partial charge in [0.2, 0.25) is 5.91 Å². The van der Waals surface area contributed by atoms with Crippen LogP contribution in [0.25, 0.3) is 0 Å². The van der Waals surface area contributed by atoms with E-state index in [4.69, 9.17) is 4.74 Å². The van der Waals surface area contributed by atoms with Gasteiger partial charge in [0, 0.05) is 19.3 Å². The Kier molecular flexibility index (Phi) is 3.76. The quantitative estimate of drug-likeness (QED) is 0.853. The minimum Gasteiger partial charge on any atom is -0.380 e. The molecule has 0 fully saturated rings. The molecule has 0 radical (unpaired) electrons. The van der Waals surface area contributed by atoms with Crippen molar-refractivity contribution >= 4 is 11.6 Å². The molecule has 92 valence electrons. The minimum atomic E-state index is 0.0325. The average molecular weight is 234 g/mol. The summed E-state index contributed by atoms with van der Waals surface area (Å²) in [5.41, 5.74) is 2.15. The number of carbonyl (C=O) groups is 1. The predicted octanol–water partition coefficient (Wildman–Crippen LogP) is 1.16. The second-order valence-electron chi connectivity index (χ2n) is 4.28. The Morgan fingerprint density at radius 1 is 1.41 bits per heavy atom. The number of rotatable bonds is 3. The summed E-state index contributed by atoms with van der Waals surface area (Å²) in [6, 6.07) is 7.99. The normalized spacial score (nSPS) is 17.5. The van der Waals surface area contributed by atoms with Gasteiger partial charge in [-0.15, -0.1) is 0 Å². The number of methoxy groups -OCH3 is 1. The molecular formula is C13H18N2O2. The zero-order chi connectivity index (χ0) is 12.3. The minimum absolute atomic E-state index is 0.0325. The van der Waals surface area contributed by atoms with Gasteiger partial charge < -0.3 is 15.0 Å². The summed E-state index contributed by atoms with van der Waals surface area (Å²) < 4.78 is 5.24. The molecule has 1 aromatic carbocycles. The van der Waals surface area contributed by atoms with Crippen LogP contribution in [0, 0.1) is 0 Å². The molecule has 0 spiro atoms. The number of fused-ring (bicyclic) bond motifs is 1. The van der Waals surface area contributed by atoms with E-state index in [1.54, 1.807) is 7.11 Å². The molecule has 1 N–H and O–H groups in total. The number of nitrogens with one attached hydrogen (secondary N) is 1. The SMILES string of the molecule is COC(C)CN1C(=O)CNCc2ccccc21. The first kappa shape index (κ1) is 12.1. The lowest BCUT2D eigenvalue weighted by Crippen LogP contribution is -2.40. The molecule has 0 saturated heterocycles. The Morgan fingerprint density at radius 2 is 2.18 bits per heavy atom. The number of hydrogen-bond acceptors (Lipinski definition) is 3. The van der Waals surface area contributed by atoms with E-state index in [-0.39, 0.29) is 12.0 Å². The summed E-state index contributed by atoms with van der Waals surface area (Å²) in [5, 5.41) is 3.14. The van der Waals surface area contributed by atoms with E-state index >= 15 is 0 Å². The van der Waals surface area contributed by atoms with Crippen molar-refractivity contribution in [1.82, 2.24) is 5.32 Å². The molecular weight excluding hydrogens is 216 g/mol. The van der Waals surface area contributed by atoms with Crippen molar-refractivity contribution in [2.75, 3.05) is 25.1 Å². The summed E-state index contributed by atoms with van der Waals surface area (Å²) in [5.74, 6) is 0.0962. The first-order valence-corrected chi connectivity index (χ1v) is 5.84. The standard InChI is InChI=1S/C13H18N2O2/c1-10(17-2)9-15-12-6-4-3-5-11(12)7-14-8-13(15)16/h3-6,10,14H,7-9H2,1-2H3. The van der Waals surface area contributed by atoms with Crippen molar-refractivity contribution in [2.24, 2.45) is 0 Å². The fraction of sp³-hybridized carbons (Fsp3) is 0.462. The lowest BCUT2D eigenvalue weighted by atomic mass is 10.1. The second kappa shape index (κ2) is 5.29. The van der Waals surface area contributed by atoms with Gasteiger partial charge in [0.15, 0.2) is 0 Å². The number of benzene rings is 1. The van der Waals surface area contributed by atoms with Crippen molar-refractivity contribution in [2.45, 2.75) is 19.6 Å². The third-order valence-electron chi connectivity index (χ3n) is 3.02. The highest BCUT2D eigenvalue weighted by Crippen LogP contribution is 2.22. The fourth-order valence-electron chi connectivity index (χ4n) is 1.99. The number of amides is 1. The Morgan fingerprint density at radius 3 is 2.94 bits per heavy atom. The van der Waals surface area contributed by atoms with Crippen LogP contribution in [-0.4, -0.2) is 32.2 Å². The van der Waals surface area contributed by atoms with Crippen molar-refractivity contribution < 1.29 is 9.53 Å². The van der Waals surface area contributed by atoms with Gasteiger partial charge in [-0.25, -0.2) is 0 Å². The Balaban J connectivity index is 2.30. The van der Waals surface area contributed by atoms with Crippen molar-refractivity contribution in [3.8, 4) is 0 Å². The lowest BCUT2D eigenvalue weighted by molar-refractivity contribution is -0.118. The van der Waals surface area contributed by atoms with Crippen LogP contribution in [0.5, 0.6) is 0 Å². The van der Waals surface area contributed by atoms with Crippen molar-refractivity contribution in [3.63, 3.8) is 0 Å². The molecule has 2 rings (SSSR count). The van der Waals surface area contributed by atoms with E-state index in [1.807, 2.05) is 36.1 Å². The summed E-state index contributed by atoms with van der Waals surface area (Å²) in [7, 11) is 1.66. The molecule has 1 aliphatic rings. The van der Waals surface area contributed by atoms with Crippen LogP contribution >= 0.6 is 0 Å². The molecule has 1 heterocycles. The third kappa shape index (κ3) is 2.65. The molecule has 1 aromatic rings. The largest absolute Gasteiger partial charge is 0.380 e. The molecule has 17 heavy (non-hydrogen) atoms. The molecule has 0 aromatic heterocycles. The molecule has 4 nitrogen and oxygen atoms in total. The maximum Gasteiger partial charge on any atom is 0.241 e. The lowest BCUT2D eigenvalue weighted by Gasteiger charge is -2.25. The summed E-state index contributed by atoms with van der Waals surface area (Å²) >= 11 is 0. The summed E-state index contributed by atoms with van der Waals surface area (Å²) in [4.78, 5) is 13.8. The van der Waals surface area contributed by atoms with Gasteiger partial charge in [0.05, 0.1) is 19.2 Å². The zero-order valence-electron chi connectivity index (χ0n) is 10.3. The highest BCUT2D eigenvalue weighted by molar-refractivity contribution is 5.96. The molecule has 1 aliphatic heterocycles. The van der Waals surface area contributed by atoms with E-state index in [2.05, 4.69) is 5.32 Å². The predicted molar refractivity (Wildman–Crippen MR) is 67.0 cm³/mol. The first-order chi connectivity index (χ1) is 8.22. The highest BCUT2D eigenvalue weighted by atomic mass is 16.5. The van der Waals surface area contributed by atoms with Crippen molar-refractivity contribution in [3.05, 3.63) is 29.8 Å². The van der Waals surface area contributed by atoms with Gasteiger partial charge >= 0.3 is 0 Å². The van der Waals surface area contributed by atoms with Gasteiger partial charge in [-0.3, -0.25) is 4.79 Å². The smallest absolute Gasteiger partial charge is 0.241 e. The molecule has 1 atom stereocenters. The van der Waals surface area contributed by atoms with Crippen molar-refractivity contribution in [1.29, 1.82) is 0 Å². The van der Waals surface area contributed by atoms with E-state index in [9.17, 15) is 4.79 Å². The van der Waals surface area contributed by atoms with Crippen LogP contribution in [0.1, 0.15) is 12.5 Å². The monoisotopic (exact) mass is 234 g/mol. The Labute approximate surface area is 102 Å². The molecule has 4 heteroatoms. The van der Waals surface area contributed by atoms with Gasteiger partial charge in [0.1, 0.15) is 0 Å². The summed E-state index contributed by atoms with van der Waals surface area (Å²) in [6.07, 6.45) is 0.0325. The number of ether oxygens (including phenoxy) is 1. The number of nitrogens with zero attached hydrogens (tertiary/aromatic N) is 1. The molecule has 0 saturated carbocycles. The third-order valence-corrected chi connectivity index (χ3v) is 3.02. The van der Waals surface area contributed by atoms with Crippen LogP contribution in [-0.2, 0) is 16.1 Å². The zero-order valence-corrected chi connectivity index (χ0v) is 10.3. The van der Waals surface area contributed by atoms with Gasteiger partial charge in [-0.05, 0) is 18.6 Å². The van der Waals surface area contributed by atoms with Gasteiger partial charge in [0.25, 0.3) is 0 Å². The fourth-order valence-corrected chi connectivity index (χ4v) is 1.99. The van der Waals surface area contributed by atoms with E-state index in [0.717, 1.165) is 17.8 Å². The molecule has 0 aliphatic carbocycles. The first-order valence-electron chi connectivity index (χ1n) is 5.84. The maximum atomic E-state index is 12.0. The number of hydrogen-bond donors (Lipinski definition) is 1. The number of carbonyl (C=O) groups excluding carboxylic acids is 1. The van der Waals surface area contributed by atoms with Crippen LogP contribution in [0.3, 0.4) is 0 Å².